The van der Waals surface area contributed by atoms with Gasteiger partial charge in [0.2, 0.25) is 0 Å². The van der Waals surface area contributed by atoms with E-state index in [0.29, 0.717) is 11.7 Å². The number of piperidine rings is 1. The van der Waals surface area contributed by atoms with Crippen LogP contribution in [-0.2, 0) is 0 Å². The molecule has 2 aliphatic rings. The largest absolute Gasteiger partial charge is 0.489 e. The smallest absolute Gasteiger partial charge is 0.270 e. The van der Waals surface area contributed by atoms with Gasteiger partial charge < -0.3 is 14.6 Å². The average Bonchev–Trinajstić information content (AvgIpc) is 3.28. The monoisotopic (exact) mass is 369 g/mol. The number of carbonyl (C=O) groups excluding carboxylic acids is 1. The van der Waals surface area contributed by atoms with Crippen LogP contribution < -0.4 is 4.74 Å². The number of ether oxygens (including phenoxy) is 1. The number of aromatic nitrogens is 1. The molecule has 0 bridgehead atoms. The van der Waals surface area contributed by atoms with Gasteiger partial charge in [0, 0.05) is 49.2 Å². The highest BCUT2D eigenvalue weighted by Gasteiger charge is 2.26. The molecule has 1 amide bonds. The minimum absolute atomic E-state index is 0.115. The molecule has 1 aromatic carbocycles. The summed E-state index contributed by atoms with van der Waals surface area (Å²) in [6.07, 6.45) is 3.51. The zero-order valence-corrected chi connectivity index (χ0v) is 16.7. The van der Waals surface area contributed by atoms with Gasteiger partial charge in [0.25, 0.3) is 5.91 Å². The summed E-state index contributed by atoms with van der Waals surface area (Å²) in [5.74, 6) is 1.72. The van der Waals surface area contributed by atoms with Crippen molar-refractivity contribution >= 4 is 16.8 Å². The van der Waals surface area contributed by atoms with Gasteiger partial charge in [0.15, 0.2) is 0 Å². The Morgan fingerprint density at radius 2 is 1.93 bits per heavy atom. The SMILES string of the molecule is CC1CCN(C(=O)c2cc3ccc(OC4CCN(C(C)C)C4)cc3[nH]2)CC1. The summed E-state index contributed by atoms with van der Waals surface area (Å²) in [6.45, 7) is 10.5. The van der Waals surface area contributed by atoms with Crippen molar-refractivity contribution in [3.8, 4) is 5.75 Å². The topological polar surface area (TPSA) is 48.6 Å². The summed E-state index contributed by atoms with van der Waals surface area (Å²) in [6, 6.07) is 8.63. The van der Waals surface area contributed by atoms with Crippen LogP contribution in [0.5, 0.6) is 5.75 Å². The number of benzene rings is 1. The lowest BCUT2D eigenvalue weighted by molar-refractivity contribution is 0.0692. The fourth-order valence-corrected chi connectivity index (χ4v) is 4.19. The molecule has 1 aromatic heterocycles. The van der Waals surface area contributed by atoms with Gasteiger partial charge in [-0.2, -0.15) is 0 Å². The van der Waals surface area contributed by atoms with E-state index < -0.39 is 0 Å². The summed E-state index contributed by atoms with van der Waals surface area (Å²) in [5.41, 5.74) is 1.66. The molecule has 0 spiro atoms. The highest BCUT2D eigenvalue weighted by molar-refractivity contribution is 5.98. The Morgan fingerprint density at radius 3 is 2.63 bits per heavy atom. The van der Waals surface area contributed by atoms with Gasteiger partial charge in [-0.3, -0.25) is 9.69 Å². The fraction of sp³-hybridized carbons (Fsp3) is 0.591. The molecule has 2 aromatic rings. The minimum atomic E-state index is 0.115. The molecule has 2 fully saturated rings. The molecule has 5 heteroatoms. The van der Waals surface area contributed by atoms with Crippen LogP contribution in [0.1, 0.15) is 50.5 Å². The molecule has 4 rings (SSSR count). The molecule has 1 unspecified atom stereocenters. The van der Waals surface area contributed by atoms with Crippen molar-refractivity contribution in [3.63, 3.8) is 0 Å². The molecule has 2 saturated heterocycles. The van der Waals surface area contributed by atoms with Gasteiger partial charge in [-0.1, -0.05) is 6.92 Å². The molecule has 0 aliphatic carbocycles. The molecule has 3 heterocycles. The second-order valence-electron chi connectivity index (χ2n) is 8.52. The van der Waals surface area contributed by atoms with E-state index in [9.17, 15) is 4.79 Å². The quantitative estimate of drug-likeness (QED) is 0.889. The van der Waals surface area contributed by atoms with Crippen LogP contribution in [0, 0.1) is 5.92 Å². The van der Waals surface area contributed by atoms with E-state index in [-0.39, 0.29) is 12.0 Å². The number of nitrogens with one attached hydrogen (secondary N) is 1. The third kappa shape index (κ3) is 3.98. The molecule has 1 atom stereocenters. The van der Waals surface area contributed by atoms with Gasteiger partial charge in [-0.25, -0.2) is 0 Å². The van der Waals surface area contributed by atoms with E-state index in [0.717, 1.165) is 68.0 Å². The summed E-state index contributed by atoms with van der Waals surface area (Å²) < 4.78 is 6.20. The molecule has 2 aliphatic heterocycles. The van der Waals surface area contributed by atoms with E-state index >= 15 is 0 Å². The number of carbonyl (C=O) groups is 1. The first kappa shape index (κ1) is 18.4. The first-order valence-corrected chi connectivity index (χ1v) is 10.3. The van der Waals surface area contributed by atoms with Crippen LogP contribution in [0.4, 0.5) is 0 Å². The average molecular weight is 370 g/mol. The number of hydrogen-bond donors (Lipinski definition) is 1. The summed E-state index contributed by atoms with van der Waals surface area (Å²) in [5, 5.41) is 1.06. The van der Waals surface area contributed by atoms with Crippen LogP contribution in [0.25, 0.3) is 10.9 Å². The molecule has 1 N–H and O–H groups in total. The standard InChI is InChI=1S/C22H31N3O2/c1-15(2)25-11-8-19(14-25)27-18-5-4-17-12-21(23-20(17)13-18)22(26)24-9-6-16(3)7-10-24/h4-5,12-13,15-16,19,23H,6-11,14H2,1-3H3. The van der Waals surface area contributed by atoms with Crippen molar-refractivity contribution in [1.82, 2.24) is 14.8 Å². The maximum absolute atomic E-state index is 12.8. The number of aromatic amines is 1. The first-order chi connectivity index (χ1) is 13.0. The van der Waals surface area contributed by atoms with Crippen molar-refractivity contribution in [2.75, 3.05) is 26.2 Å². The maximum Gasteiger partial charge on any atom is 0.270 e. The number of likely N-dealkylation sites (tertiary alicyclic amines) is 2. The van der Waals surface area contributed by atoms with Crippen LogP contribution in [0.15, 0.2) is 24.3 Å². The summed E-state index contributed by atoms with van der Waals surface area (Å²) >= 11 is 0. The van der Waals surface area contributed by atoms with Crippen molar-refractivity contribution in [2.24, 2.45) is 5.92 Å². The van der Waals surface area contributed by atoms with Crippen molar-refractivity contribution in [3.05, 3.63) is 30.0 Å². The van der Waals surface area contributed by atoms with Crippen LogP contribution in [0.3, 0.4) is 0 Å². The van der Waals surface area contributed by atoms with Gasteiger partial charge >= 0.3 is 0 Å². The van der Waals surface area contributed by atoms with Gasteiger partial charge in [-0.15, -0.1) is 0 Å². The lowest BCUT2D eigenvalue weighted by Gasteiger charge is -2.29. The Hall–Kier alpha value is -2.01. The number of rotatable bonds is 4. The van der Waals surface area contributed by atoms with Crippen molar-refractivity contribution < 1.29 is 9.53 Å². The highest BCUT2D eigenvalue weighted by atomic mass is 16.5. The second kappa shape index (κ2) is 7.55. The number of nitrogens with zero attached hydrogens (tertiary/aromatic N) is 2. The number of fused-ring (bicyclic) bond motifs is 1. The van der Waals surface area contributed by atoms with Crippen LogP contribution in [-0.4, -0.2) is 59.0 Å². The van der Waals surface area contributed by atoms with Gasteiger partial charge in [-0.05, 0) is 57.2 Å². The first-order valence-electron chi connectivity index (χ1n) is 10.3. The zero-order valence-electron chi connectivity index (χ0n) is 16.7. The third-order valence-corrected chi connectivity index (χ3v) is 6.10. The fourth-order valence-electron chi connectivity index (χ4n) is 4.19. The number of hydrogen-bond acceptors (Lipinski definition) is 3. The van der Waals surface area contributed by atoms with Crippen LogP contribution in [0.2, 0.25) is 0 Å². The van der Waals surface area contributed by atoms with Crippen molar-refractivity contribution in [1.29, 1.82) is 0 Å². The Morgan fingerprint density at radius 1 is 1.15 bits per heavy atom. The predicted molar refractivity (Wildman–Crippen MR) is 108 cm³/mol. The number of H-pyrrole nitrogens is 1. The lowest BCUT2D eigenvalue weighted by atomic mass is 9.99. The van der Waals surface area contributed by atoms with Gasteiger partial charge in [0.1, 0.15) is 17.5 Å². The zero-order chi connectivity index (χ0) is 19.0. The molecule has 146 valence electrons. The second-order valence-corrected chi connectivity index (χ2v) is 8.52. The minimum Gasteiger partial charge on any atom is -0.489 e. The normalized spacial score (nSPS) is 22.1. The molecule has 0 saturated carbocycles. The Labute approximate surface area is 161 Å². The Balaban J connectivity index is 1.45. The van der Waals surface area contributed by atoms with E-state index in [2.05, 4.69) is 30.7 Å². The van der Waals surface area contributed by atoms with Crippen LogP contribution >= 0.6 is 0 Å². The van der Waals surface area contributed by atoms with E-state index in [1.54, 1.807) is 0 Å². The highest BCUT2D eigenvalue weighted by Crippen LogP contribution is 2.26. The number of amides is 1. The maximum atomic E-state index is 12.8. The van der Waals surface area contributed by atoms with Crippen molar-refractivity contribution in [2.45, 2.75) is 52.2 Å². The van der Waals surface area contributed by atoms with Gasteiger partial charge in [0.05, 0.1) is 0 Å². The molecule has 27 heavy (non-hydrogen) atoms. The van der Waals surface area contributed by atoms with E-state index in [1.807, 2.05) is 29.2 Å². The van der Waals surface area contributed by atoms with E-state index in [1.165, 1.54) is 0 Å². The molecule has 5 nitrogen and oxygen atoms in total. The Kier molecular flexibility index (Phi) is 5.13. The summed E-state index contributed by atoms with van der Waals surface area (Å²) in [4.78, 5) is 20.5. The summed E-state index contributed by atoms with van der Waals surface area (Å²) in [7, 11) is 0. The molecular formula is C22H31N3O2. The van der Waals surface area contributed by atoms with E-state index in [4.69, 9.17) is 4.74 Å². The Bertz CT molecular complexity index is 805. The molecule has 0 radical (unpaired) electrons. The predicted octanol–water partition coefficient (Wildman–Crippen LogP) is 3.90. The lowest BCUT2D eigenvalue weighted by Crippen LogP contribution is -2.38. The molecular weight excluding hydrogens is 338 g/mol. The third-order valence-electron chi connectivity index (χ3n) is 6.10.